The molecule has 1 saturated carbocycles. The van der Waals surface area contributed by atoms with Crippen LogP contribution in [0.1, 0.15) is 49.3 Å². The van der Waals surface area contributed by atoms with E-state index in [4.69, 9.17) is 39.9 Å². The Morgan fingerprint density at radius 3 is 2.34 bits per heavy atom. The van der Waals surface area contributed by atoms with Gasteiger partial charge in [-0.05, 0) is 74.3 Å². The number of hydrogen-bond donors (Lipinski definition) is 1. The molecule has 3 aromatic rings. The minimum absolute atomic E-state index is 0.0421. The lowest BCUT2D eigenvalue weighted by Crippen LogP contribution is -2.44. The van der Waals surface area contributed by atoms with Gasteiger partial charge in [0.1, 0.15) is 0 Å². The van der Waals surface area contributed by atoms with Crippen LogP contribution in [0.2, 0.25) is 15.1 Å². The van der Waals surface area contributed by atoms with Gasteiger partial charge in [-0.2, -0.15) is 5.10 Å². The van der Waals surface area contributed by atoms with Gasteiger partial charge in [-0.3, -0.25) is 10.2 Å². The zero-order chi connectivity index (χ0) is 24.1. The molecule has 3 aliphatic rings. The van der Waals surface area contributed by atoms with Gasteiger partial charge in [-0.25, -0.2) is 9.69 Å². The summed E-state index contributed by atoms with van der Waals surface area (Å²) in [6, 6.07) is 13.1. The van der Waals surface area contributed by atoms with Gasteiger partial charge in [0.2, 0.25) is 5.91 Å². The van der Waals surface area contributed by atoms with Crippen LogP contribution >= 0.6 is 34.8 Å². The van der Waals surface area contributed by atoms with Crippen LogP contribution in [0.4, 0.5) is 0 Å². The Morgan fingerprint density at radius 2 is 1.63 bits per heavy atom. The Hall–Kier alpha value is -2.05. The van der Waals surface area contributed by atoms with Crippen LogP contribution in [0, 0.1) is 11.8 Å². The van der Waals surface area contributed by atoms with Gasteiger partial charge in [-0.1, -0.05) is 53.4 Å². The molecule has 1 aromatic heterocycles. The number of amides is 1. The first kappa shape index (κ1) is 23.4. The summed E-state index contributed by atoms with van der Waals surface area (Å²) in [6.07, 6.45) is 6.45. The third kappa shape index (κ3) is 4.37. The lowest BCUT2D eigenvalue weighted by Gasteiger charge is -2.25. The first-order valence-electron chi connectivity index (χ1n) is 12.4. The smallest absolute Gasteiger partial charge is 0.243 e. The van der Waals surface area contributed by atoms with E-state index in [2.05, 4.69) is 10.4 Å². The lowest BCUT2D eigenvalue weighted by molar-refractivity contribution is -0.127. The molecule has 3 atom stereocenters. The van der Waals surface area contributed by atoms with Gasteiger partial charge in [0, 0.05) is 34.3 Å². The molecule has 0 spiro atoms. The van der Waals surface area contributed by atoms with Crippen molar-refractivity contribution in [3.63, 3.8) is 0 Å². The van der Waals surface area contributed by atoms with Gasteiger partial charge in [-0.15, -0.1) is 0 Å². The van der Waals surface area contributed by atoms with E-state index in [0.717, 1.165) is 72.4 Å². The van der Waals surface area contributed by atoms with Crippen molar-refractivity contribution in [3.8, 4) is 16.9 Å². The van der Waals surface area contributed by atoms with E-state index in [0.29, 0.717) is 15.1 Å². The topological polar surface area (TPSA) is 50.2 Å². The van der Waals surface area contributed by atoms with Crippen LogP contribution in [0.3, 0.4) is 0 Å². The molecule has 0 bridgehead atoms. The fourth-order valence-corrected chi connectivity index (χ4v) is 6.77. The molecule has 0 radical (unpaired) electrons. The predicted octanol–water partition coefficient (Wildman–Crippen LogP) is 6.68. The van der Waals surface area contributed by atoms with Crippen LogP contribution in [0.15, 0.2) is 42.5 Å². The van der Waals surface area contributed by atoms with Gasteiger partial charge < -0.3 is 0 Å². The van der Waals surface area contributed by atoms with E-state index in [1.165, 1.54) is 19.3 Å². The number of nitrogens with zero attached hydrogens (tertiary/aromatic N) is 3. The number of aromatic nitrogens is 2. The number of benzene rings is 2. The number of hydrogen-bond acceptors (Lipinski definition) is 3. The van der Waals surface area contributed by atoms with Gasteiger partial charge in [0.15, 0.2) is 0 Å². The standard InChI is InChI=1S/C27H27Cl3N4O/c28-19-9-7-16(8-10-19)26-21-5-2-6-22(27(35)32-33-14-17-3-1-4-18(17)15-33)25(21)31-34(26)24-12-11-20(29)13-23(24)30/h7-13,17-18,22H,1-6,14-15H2,(H,32,35). The van der Waals surface area contributed by atoms with Crippen molar-refractivity contribution in [2.45, 2.75) is 44.4 Å². The average Bonchev–Trinajstić information content (AvgIpc) is 3.53. The summed E-state index contributed by atoms with van der Waals surface area (Å²) in [6.45, 7) is 1.92. The van der Waals surface area contributed by atoms with E-state index < -0.39 is 0 Å². The molecule has 1 amide bonds. The number of fused-ring (bicyclic) bond motifs is 2. The Bertz CT molecular complexity index is 1260. The highest BCUT2D eigenvalue weighted by Crippen LogP contribution is 2.41. The number of carbonyl (C=O) groups is 1. The molecule has 1 saturated heterocycles. The van der Waals surface area contributed by atoms with Crippen molar-refractivity contribution in [2.75, 3.05) is 13.1 Å². The molecule has 182 valence electrons. The first-order chi connectivity index (χ1) is 17.0. The van der Waals surface area contributed by atoms with E-state index in [1.54, 1.807) is 6.07 Å². The summed E-state index contributed by atoms with van der Waals surface area (Å²) in [7, 11) is 0. The molecule has 5 nitrogen and oxygen atoms in total. The minimum atomic E-state index is -0.294. The third-order valence-electron chi connectivity index (χ3n) is 7.83. The maximum atomic E-state index is 13.5. The number of carbonyl (C=O) groups excluding carboxylic acids is 1. The fourth-order valence-electron chi connectivity index (χ4n) is 6.16. The van der Waals surface area contributed by atoms with Crippen molar-refractivity contribution < 1.29 is 4.79 Å². The van der Waals surface area contributed by atoms with Crippen LogP contribution in [0.5, 0.6) is 0 Å². The quantitative estimate of drug-likeness (QED) is 0.410. The highest BCUT2D eigenvalue weighted by atomic mass is 35.5. The molecular formula is C27H27Cl3N4O. The molecule has 1 N–H and O–H groups in total. The summed E-state index contributed by atoms with van der Waals surface area (Å²) in [5, 5.41) is 8.91. The second-order valence-electron chi connectivity index (χ2n) is 10.0. The molecule has 3 unspecified atom stereocenters. The molecule has 1 aliphatic heterocycles. The van der Waals surface area contributed by atoms with E-state index >= 15 is 0 Å². The van der Waals surface area contributed by atoms with Crippen molar-refractivity contribution in [1.82, 2.24) is 20.2 Å². The molecule has 2 aliphatic carbocycles. The fraction of sp³-hybridized carbons (Fsp3) is 0.407. The van der Waals surface area contributed by atoms with Crippen LogP contribution in [-0.2, 0) is 11.2 Å². The molecule has 8 heteroatoms. The summed E-state index contributed by atoms with van der Waals surface area (Å²) in [5.41, 5.74) is 7.85. The SMILES string of the molecule is O=C(NN1CC2CCCC2C1)C1CCCc2c1nn(-c1ccc(Cl)cc1Cl)c2-c1ccc(Cl)cc1. The van der Waals surface area contributed by atoms with Crippen molar-refractivity contribution in [1.29, 1.82) is 0 Å². The number of rotatable bonds is 4. The zero-order valence-corrected chi connectivity index (χ0v) is 21.6. The maximum Gasteiger partial charge on any atom is 0.243 e. The number of halogens is 3. The molecule has 2 aromatic carbocycles. The summed E-state index contributed by atoms with van der Waals surface area (Å²) < 4.78 is 1.87. The summed E-state index contributed by atoms with van der Waals surface area (Å²) in [5.74, 6) is 1.19. The number of nitrogens with one attached hydrogen (secondary N) is 1. The van der Waals surface area contributed by atoms with Crippen LogP contribution in [-0.4, -0.2) is 33.8 Å². The molecule has 35 heavy (non-hydrogen) atoms. The lowest BCUT2D eigenvalue weighted by atomic mass is 9.85. The normalized spacial score (nSPS) is 23.8. The van der Waals surface area contributed by atoms with Gasteiger partial charge in [0.05, 0.1) is 28.0 Å². The Kier molecular flexibility index (Phi) is 6.30. The molecule has 6 rings (SSSR count). The third-order valence-corrected chi connectivity index (χ3v) is 8.62. The highest BCUT2D eigenvalue weighted by Gasteiger charge is 2.39. The second-order valence-corrected chi connectivity index (χ2v) is 11.3. The number of hydrazine groups is 1. The Morgan fingerprint density at radius 1 is 0.914 bits per heavy atom. The minimum Gasteiger partial charge on any atom is -0.288 e. The summed E-state index contributed by atoms with van der Waals surface area (Å²) in [4.78, 5) is 13.5. The van der Waals surface area contributed by atoms with Crippen LogP contribution in [0.25, 0.3) is 16.9 Å². The van der Waals surface area contributed by atoms with E-state index in [1.807, 2.05) is 41.1 Å². The van der Waals surface area contributed by atoms with Crippen molar-refractivity contribution in [3.05, 3.63) is 68.8 Å². The highest BCUT2D eigenvalue weighted by molar-refractivity contribution is 6.35. The first-order valence-corrected chi connectivity index (χ1v) is 13.5. The second kappa shape index (κ2) is 9.44. The van der Waals surface area contributed by atoms with Crippen LogP contribution < -0.4 is 5.43 Å². The zero-order valence-electron chi connectivity index (χ0n) is 19.3. The van der Waals surface area contributed by atoms with E-state index in [9.17, 15) is 4.79 Å². The largest absolute Gasteiger partial charge is 0.288 e. The molecular weight excluding hydrogens is 503 g/mol. The Balaban J connectivity index is 1.38. The average molecular weight is 530 g/mol. The monoisotopic (exact) mass is 528 g/mol. The van der Waals surface area contributed by atoms with Crippen molar-refractivity contribution >= 4 is 40.7 Å². The van der Waals surface area contributed by atoms with Gasteiger partial charge >= 0.3 is 0 Å². The Labute approximate surface area is 220 Å². The molecule has 2 fully saturated rings. The maximum absolute atomic E-state index is 13.5. The molecule has 2 heterocycles. The summed E-state index contributed by atoms with van der Waals surface area (Å²) >= 11 is 19.0. The predicted molar refractivity (Wildman–Crippen MR) is 140 cm³/mol. The van der Waals surface area contributed by atoms with Gasteiger partial charge in [0.25, 0.3) is 0 Å². The van der Waals surface area contributed by atoms with E-state index in [-0.39, 0.29) is 11.8 Å². The van der Waals surface area contributed by atoms with Crippen molar-refractivity contribution in [2.24, 2.45) is 11.8 Å².